The molecule has 0 atom stereocenters. The van der Waals surface area contributed by atoms with Crippen molar-refractivity contribution in [2.45, 2.75) is 78.7 Å². The van der Waals surface area contributed by atoms with E-state index >= 15 is 0 Å². The first-order valence-corrected chi connectivity index (χ1v) is 11.4. The minimum absolute atomic E-state index is 0.0299. The summed E-state index contributed by atoms with van der Waals surface area (Å²) in [6, 6.07) is 6.74. The molecule has 0 unspecified atom stereocenters. The van der Waals surface area contributed by atoms with Crippen LogP contribution in [0.25, 0.3) is 11.1 Å². The van der Waals surface area contributed by atoms with Crippen molar-refractivity contribution in [1.29, 1.82) is 5.41 Å². The molecule has 0 spiro atoms. The van der Waals surface area contributed by atoms with Crippen molar-refractivity contribution >= 4 is 5.69 Å². The Kier molecular flexibility index (Phi) is 6.37. The summed E-state index contributed by atoms with van der Waals surface area (Å²) in [7, 11) is 0. The third kappa shape index (κ3) is 4.77. The molecule has 1 aliphatic heterocycles. The number of fused-ring (bicyclic) bond motifs is 1. The van der Waals surface area contributed by atoms with Crippen molar-refractivity contribution in [3.05, 3.63) is 66.8 Å². The molecule has 2 aliphatic rings. The van der Waals surface area contributed by atoms with Crippen LogP contribution in [0.1, 0.15) is 72.4 Å². The predicted molar refractivity (Wildman–Crippen MR) is 131 cm³/mol. The Morgan fingerprint density at radius 2 is 1.58 bits per heavy atom. The van der Waals surface area contributed by atoms with Gasteiger partial charge in [0.1, 0.15) is 11.1 Å². The molecule has 7 heteroatoms. The lowest BCUT2D eigenvalue weighted by atomic mass is 9.80. The number of nitrogens with one attached hydrogen (secondary N) is 2. The second-order valence-electron chi connectivity index (χ2n) is 10.7. The highest BCUT2D eigenvalue weighted by Crippen LogP contribution is 2.40. The Labute approximate surface area is 194 Å². The van der Waals surface area contributed by atoms with Crippen molar-refractivity contribution in [2.24, 2.45) is 5.10 Å². The van der Waals surface area contributed by atoms with E-state index in [4.69, 9.17) is 5.41 Å². The number of hydrogen-bond acceptors (Lipinski definition) is 6. The van der Waals surface area contributed by atoms with Crippen LogP contribution in [0.5, 0.6) is 5.75 Å². The summed E-state index contributed by atoms with van der Waals surface area (Å²) in [5.74, 6) is 0.101. The summed E-state index contributed by atoms with van der Waals surface area (Å²) in [5.41, 5.74) is 4.52. The molecule has 0 radical (unpaired) electrons. The van der Waals surface area contributed by atoms with Crippen LogP contribution >= 0.6 is 0 Å². The number of aromatic hydroxyl groups is 1. The van der Waals surface area contributed by atoms with E-state index in [0.29, 0.717) is 12.2 Å². The van der Waals surface area contributed by atoms with E-state index in [0.717, 1.165) is 24.0 Å². The molecule has 0 fully saturated rings. The molecular weight excluding hydrogens is 416 g/mol. The topological polar surface area (TPSA) is 108 Å². The van der Waals surface area contributed by atoms with Gasteiger partial charge in [-0.05, 0) is 41.0 Å². The van der Waals surface area contributed by atoms with Gasteiger partial charge in [0.15, 0.2) is 0 Å². The van der Waals surface area contributed by atoms with Crippen LogP contribution < -0.4 is 27.3 Å². The van der Waals surface area contributed by atoms with Gasteiger partial charge >= 0.3 is 0 Å². The van der Waals surface area contributed by atoms with Crippen LogP contribution in [-0.4, -0.2) is 9.67 Å². The summed E-state index contributed by atoms with van der Waals surface area (Å²) >= 11 is 0. The number of hydrogen-bond donors (Lipinski definition) is 3. The van der Waals surface area contributed by atoms with Crippen LogP contribution in [0.3, 0.4) is 0 Å². The van der Waals surface area contributed by atoms with E-state index in [9.17, 15) is 14.7 Å². The van der Waals surface area contributed by atoms with E-state index in [2.05, 4.69) is 31.3 Å². The van der Waals surface area contributed by atoms with Gasteiger partial charge < -0.3 is 5.11 Å². The van der Waals surface area contributed by atoms with Gasteiger partial charge in [0.2, 0.25) is 0 Å². The fraction of sp³-hybridized carbons (Fsp3) is 0.462. The van der Waals surface area contributed by atoms with Gasteiger partial charge in [0.25, 0.3) is 11.1 Å². The number of anilines is 1. The van der Waals surface area contributed by atoms with Crippen molar-refractivity contribution in [3.8, 4) is 16.9 Å². The zero-order valence-corrected chi connectivity index (χ0v) is 20.6. The van der Waals surface area contributed by atoms with E-state index in [-0.39, 0.29) is 49.5 Å². The van der Waals surface area contributed by atoms with Gasteiger partial charge in [0, 0.05) is 12.1 Å². The number of benzene rings is 2. The maximum Gasteiger partial charge on any atom is 0.261 e. The van der Waals surface area contributed by atoms with Crippen molar-refractivity contribution in [2.75, 3.05) is 5.43 Å². The van der Waals surface area contributed by atoms with Crippen molar-refractivity contribution in [3.63, 3.8) is 0 Å². The molecule has 3 rings (SSSR count). The number of unbranched alkanes of at least 4 members (excludes halogenated alkanes) is 1. The largest absolute Gasteiger partial charge is 0.505 e. The molecule has 1 heterocycles. The third-order valence-corrected chi connectivity index (χ3v) is 5.90. The molecule has 3 N–H and O–H groups in total. The minimum atomic E-state index is -0.359. The first kappa shape index (κ1) is 24.4. The molecule has 0 aromatic heterocycles. The Morgan fingerprint density at radius 3 is 2.12 bits per heavy atom. The number of rotatable bonds is 5. The maximum atomic E-state index is 12.8. The first-order valence-electron chi connectivity index (χ1n) is 11.4. The van der Waals surface area contributed by atoms with Gasteiger partial charge in [-0.2, -0.15) is 5.10 Å². The molecule has 0 bridgehead atoms. The lowest BCUT2D eigenvalue weighted by molar-refractivity contribution is 0.446. The number of phenolic OH excluding ortho intramolecular Hbond substituents is 1. The average molecular weight is 451 g/mol. The Balaban J connectivity index is 2.15. The zero-order chi connectivity index (χ0) is 24.7. The molecule has 0 saturated heterocycles. The van der Waals surface area contributed by atoms with Gasteiger partial charge in [-0.25, -0.2) is 0 Å². The molecule has 7 nitrogen and oxygen atoms in total. The lowest BCUT2D eigenvalue weighted by Crippen LogP contribution is -2.27. The molecule has 1 aromatic rings. The first-order chi connectivity index (χ1) is 15.3. The van der Waals surface area contributed by atoms with Gasteiger partial charge in [-0.3, -0.25) is 25.0 Å². The summed E-state index contributed by atoms with van der Waals surface area (Å²) in [5, 5.41) is 23.8. The predicted octanol–water partition coefficient (Wildman–Crippen LogP) is 3.70. The van der Waals surface area contributed by atoms with E-state index < -0.39 is 0 Å². The molecule has 1 aromatic carbocycles. The van der Waals surface area contributed by atoms with Gasteiger partial charge in [-0.15, -0.1) is 0 Å². The normalized spacial score (nSPS) is 13.1. The monoisotopic (exact) mass is 450 g/mol. The van der Waals surface area contributed by atoms with Crippen molar-refractivity contribution < 1.29 is 5.11 Å². The molecular formula is C26H34N4O3. The highest BCUT2D eigenvalue weighted by atomic mass is 16.3. The van der Waals surface area contributed by atoms with Crippen LogP contribution in [0, 0.1) is 5.41 Å². The van der Waals surface area contributed by atoms with Gasteiger partial charge in [0.05, 0.1) is 22.2 Å². The fourth-order valence-electron chi connectivity index (χ4n) is 3.78. The van der Waals surface area contributed by atoms with Crippen LogP contribution in [0.15, 0.2) is 39.0 Å². The lowest BCUT2D eigenvalue weighted by Gasteiger charge is -2.27. The summed E-state index contributed by atoms with van der Waals surface area (Å²) in [6.07, 6.45) is 1.60. The third-order valence-electron chi connectivity index (χ3n) is 5.90. The second kappa shape index (κ2) is 8.61. The average Bonchev–Trinajstić information content (AvgIpc) is 2.93. The number of nitrogens with zero attached hydrogens (tertiary/aromatic N) is 2. The molecule has 176 valence electrons. The molecule has 0 saturated carbocycles. The minimum Gasteiger partial charge on any atom is -0.505 e. The van der Waals surface area contributed by atoms with Crippen LogP contribution in [-0.2, 0) is 17.4 Å². The fourth-order valence-corrected chi connectivity index (χ4v) is 3.78. The van der Waals surface area contributed by atoms with Crippen molar-refractivity contribution in [1.82, 2.24) is 4.57 Å². The molecule has 1 aliphatic carbocycles. The quantitative estimate of drug-likeness (QED) is 0.407. The standard InChI is InChI=1S/C26H34N4O3/c1-8-9-10-30-23(32)16-13-19(27)20(14-17(16)24(30)33)28-29-21-12-15(25(2,3)4)11-18(22(21)31)26(5,6)7/h11-14,27,29,31H,8-10H2,1-7H3. The zero-order valence-electron chi connectivity index (χ0n) is 20.6. The van der Waals surface area contributed by atoms with Gasteiger partial charge in [-0.1, -0.05) is 61.0 Å². The highest BCUT2D eigenvalue weighted by Gasteiger charge is 2.25. The highest BCUT2D eigenvalue weighted by molar-refractivity contribution is 5.65. The molecule has 0 amide bonds. The van der Waals surface area contributed by atoms with E-state index in [1.165, 1.54) is 16.7 Å². The Hall–Kier alpha value is -3.22. The Morgan fingerprint density at radius 1 is 0.970 bits per heavy atom. The summed E-state index contributed by atoms with van der Waals surface area (Å²) < 4.78 is 1.24. The maximum absolute atomic E-state index is 12.8. The number of aromatic nitrogens is 1. The van der Waals surface area contributed by atoms with E-state index in [1.807, 2.05) is 39.8 Å². The molecule has 33 heavy (non-hydrogen) atoms. The Bertz CT molecular complexity index is 1360. The number of phenols is 1. The SMILES string of the molecule is CCCCn1c(=O)c2cc(=N)c(=NNc3cc(C(C)(C)C)cc(C(C)(C)C)c3O)cc-2c1=O. The summed E-state index contributed by atoms with van der Waals surface area (Å²) in [4.78, 5) is 25.4. The van der Waals surface area contributed by atoms with Crippen LogP contribution in [0.4, 0.5) is 5.69 Å². The summed E-state index contributed by atoms with van der Waals surface area (Å²) in [6.45, 7) is 14.8. The smallest absolute Gasteiger partial charge is 0.261 e. The van der Waals surface area contributed by atoms with E-state index in [1.54, 1.807) is 0 Å². The second-order valence-corrected chi connectivity index (χ2v) is 10.7. The van der Waals surface area contributed by atoms with Crippen LogP contribution in [0.2, 0.25) is 0 Å².